The number of nitrogens with zero attached hydrogens (tertiary/aromatic N) is 2. The van der Waals surface area contributed by atoms with E-state index in [2.05, 4.69) is 34.7 Å². The second-order valence-electron chi connectivity index (χ2n) is 5.86. The largest absolute Gasteiger partial charge is 0.378 e. The number of hydrogen-bond donors (Lipinski definition) is 2. The fourth-order valence-corrected chi connectivity index (χ4v) is 2.57. The topological polar surface area (TPSA) is 76.1 Å². The molecular formula is C15H24N4O2. The zero-order valence-electron chi connectivity index (χ0n) is 13.1. The summed E-state index contributed by atoms with van der Waals surface area (Å²) in [7, 11) is 0. The van der Waals surface area contributed by atoms with Crippen molar-refractivity contribution >= 4 is 11.7 Å². The second-order valence-corrected chi connectivity index (χ2v) is 5.86. The van der Waals surface area contributed by atoms with Gasteiger partial charge < -0.3 is 15.4 Å². The highest BCUT2D eigenvalue weighted by molar-refractivity contribution is 5.92. The quantitative estimate of drug-likeness (QED) is 0.836. The Morgan fingerprint density at radius 1 is 1.38 bits per heavy atom. The van der Waals surface area contributed by atoms with Gasteiger partial charge >= 0.3 is 0 Å². The Labute approximate surface area is 125 Å². The van der Waals surface area contributed by atoms with Gasteiger partial charge in [0, 0.05) is 24.6 Å². The predicted octanol–water partition coefficient (Wildman–Crippen LogP) is 1.84. The van der Waals surface area contributed by atoms with Crippen LogP contribution in [0.4, 0.5) is 5.82 Å². The number of anilines is 1. The van der Waals surface area contributed by atoms with Gasteiger partial charge in [-0.15, -0.1) is 10.2 Å². The average Bonchev–Trinajstić information content (AvgIpc) is 2.47. The van der Waals surface area contributed by atoms with Crippen LogP contribution in [0, 0.1) is 5.41 Å². The number of hydrogen-bond acceptors (Lipinski definition) is 5. The highest BCUT2D eigenvalue weighted by Crippen LogP contribution is 2.44. The van der Waals surface area contributed by atoms with Crippen molar-refractivity contribution < 1.29 is 9.53 Å². The van der Waals surface area contributed by atoms with Crippen LogP contribution < -0.4 is 10.6 Å². The average molecular weight is 292 g/mol. The number of carbonyl (C=O) groups excluding carboxylic acids is 1. The third-order valence-corrected chi connectivity index (χ3v) is 4.10. The molecule has 1 heterocycles. The van der Waals surface area contributed by atoms with E-state index in [4.69, 9.17) is 4.74 Å². The maximum Gasteiger partial charge on any atom is 0.271 e. The van der Waals surface area contributed by atoms with Crippen molar-refractivity contribution in [2.24, 2.45) is 5.41 Å². The van der Waals surface area contributed by atoms with Crippen LogP contribution >= 0.6 is 0 Å². The smallest absolute Gasteiger partial charge is 0.271 e. The molecule has 0 saturated heterocycles. The van der Waals surface area contributed by atoms with Gasteiger partial charge in [-0.05, 0) is 32.4 Å². The molecule has 1 aliphatic rings. The Bertz CT molecular complexity index is 487. The molecule has 6 heteroatoms. The fraction of sp³-hybridized carbons (Fsp3) is 0.667. The van der Waals surface area contributed by atoms with E-state index in [1.54, 1.807) is 12.1 Å². The lowest BCUT2D eigenvalue weighted by molar-refractivity contribution is -0.0976. The SMILES string of the molecule is CCNC(=O)c1ccc(NC2CC(OCC)C2(C)C)nn1. The maximum atomic E-state index is 11.6. The molecule has 1 aliphatic carbocycles. The summed E-state index contributed by atoms with van der Waals surface area (Å²) in [5, 5.41) is 14.1. The van der Waals surface area contributed by atoms with E-state index in [9.17, 15) is 4.79 Å². The van der Waals surface area contributed by atoms with Gasteiger partial charge in [-0.1, -0.05) is 13.8 Å². The first-order valence-electron chi connectivity index (χ1n) is 7.49. The van der Waals surface area contributed by atoms with Crippen LogP contribution in [0.2, 0.25) is 0 Å². The van der Waals surface area contributed by atoms with Crippen LogP contribution in [-0.2, 0) is 4.74 Å². The minimum absolute atomic E-state index is 0.0654. The van der Waals surface area contributed by atoms with Crippen molar-refractivity contribution in [1.82, 2.24) is 15.5 Å². The molecule has 6 nitrogen and oxygen atoms in total. The molecule has 0 spiro atoms. The summed E-state index contributed by atoms with van der Waals surface area (Å²) in [6.45, 7) is 9.57. The lowest BCUT2D eigenvalue weighted by Crippen LogP contribution is -2.58. The number of carbonyl (C=O) groups is 1. The zero-order chi connectivity index (χ0) is 15.5. The van der Waals surface area contributed by atoms with E-state index >= 15 is 0 Å². The second kappa shape index (κ2) is 6.39. The number of ether oxygens (including phenoxy) is 1. The van der Waals surface area contributed by atoms with Gasteiger partial charge in [-0.3, -0.25) is 4.79 Å². The molecule has 0 bridgehead atoms. The van der Waals surface area contributed by atoms with Gasteiger partial charge in [0.15, 0.2) is 5.69 Å². The molecule has 0 radical (unpaired) electrons. The van der Waals surface area contributed by atoms with E-state index in [1.165, 1.54) is 0 Å². The molecule has 21 heavy (non-hydrogen) atoms. The molecule has 1 amide bonds. The third kappa shape index (κ3) is 3.32. The standard InChI is InChI=1S/C15H24N4O2/c1-5-16-14(20)10-7-8-13(19-18-10)17-11-9-12(21-6-2)15(11,3)4/h7-8,11-12H,5-6,9H2,1-4H3,(H,16,20)(H,17,19). The predicted molar refractivity (Wildman–Crippen MR) is 81.3 cm³/mol. The summed E-state index contributed by atoms with van der Waals surface area (Å²) < 4.78 is 5.71. The van der Waals surface area contributed by atoms with Crippen LogP contribution in [0.15, 0.2) is 12.1 Å². The normalized spacial score (nSPS) is 23.2. The molecule has 2 rings (SSSR count). The molecule has 2 atom stereocenters. The molecular weight excluding hydrogens is 268 g/mol. The summed E-state index contributed by atoms with van der Waals surface area (Å²) in [6.07, 6.45) is 1.24. The molecule has 0 aromatic carbocycles. The van der Waals surface area contributed by atoms with E-state index in [0.717, 1.165) is 13.0 Å². The van der Waals surface area contributed by atoms with Gasteiger partial charge in [-0.2, -0.15) is 0 Å². The fourth-order valence-electron chi connectivity index (χ4n) is 2.57. The monoisotopic (exact) mass is 292 g/mol. The number of aromatic nitrogens is 2. The molecule has 1 aromatic rings. The third-order valence-electron chi connectivity index (χ3n) is 4.10. The number of nitrogens with one attached hydrogen (secondary N) is 2. The Kier molecular flexibility index (Phi) is 4.77. The van der Waals surface area contributed by atoms with Gasteiger partial charge in [0.25, 0.3) is 5.91 Å². The Hall–Kier alpha value is -1.69. The first kappa shape index (κ1) is 15.7. The number of amides is 1. The molecule has 0 aliphatic heterocycles. The minimum Gasteiger partial charge on any atom is -0.378 e. The molecule has 1 fully saturated rings. The zero-order valence-corrected chi connectivity index (χ0v) is 13.1. The molecule has 1 saturated carbocycles. The summed E-state index contributed by atoms with van der Waals surface area (Å²) in [5.74, 6) is 0.494. The first-order chi connectivity index (χ1) is 9.98. The summed E-state index contributed by atoms with van der Waals surface area (Å²) in [4.78, 5) is 11.6. The molecule has 1 aromatic heterocycles. The van der Waals surface area contributed by atoms with Gasteiger partial charge in [0.2, 0.25) is 0 Å². The maximum absolute atomic E-state index is 11.6. The van der Waals surface area contributed by atoms with Crippen LogP contribution in [0.25, 0.3) is 0 Å². The summed E-state index contributed by atoms with van der Waals surface area (Å²) in [6, 6.07) is 3.78. The van der Waals surface area contributed by atoms with E-state index in [1.807, 2.05) is 13.8 Å². The highest BCUT2D eigenvalue weighted by Gasteiger charge is 2.49. The van der Waals surface area contributed by atoms with Crippen molar-refractivity contribution in [3.8, 4) is 0 Å². The van der Waals surface area contributed by atoms with Gasteiger partial charge in [-0.25, -0.2) is 0 Å². The molecule has 2 unspecified atom stereocenters. The first-order valence-corrected chi connectivity index (χ1v) is 7.49. The van der Waals surface area contributed by atoms with E-state index in [-0.39, 0.29) is 17.4 Å². The lowest BCUT2D eigenvalue weighted by atomic mass is 9.64. The van der Waals surface area contributed by atoms with E-state index in [0.29, 0.717) is 24.1 Å². The van der Waals surface area contributed by atoms with E-state index < -0.39 is 0 Å². The van der Waals surface area contributed by atoms with Crippen molar-refractivity contribution in [1.29, 1.82) is 0 Å². The van der Waals surface area contributed by atoms with Crippen LogP contribution in [-0.4, -0.2) is 41.4 Å². The van der Waals surface area contributed by atoms with Crippen molar-refractivity contribution in [2.45, 2.75) is 46.3 Å². The van der Waals surface area contributed by atoms with Gasteiger partial charge in [0.05, 0.1) is 6.10 Å². The van der Waals surface area contributed by atoms with Crippen LogP contribution in [0.1, 0.15) is 44.6 Å². The van der Waals surface area contributed by atoms with Crippen molar-refractivity contribution in [3.05, 3.63) is 17.8 Å². The minimum atomic E-state index is -0.197. The highest BCUT2D eigenvalue weighted by atomic mass is 16.5. The Morgan fingerprint density at radius 2 is 2.14 bits per heavy atom. The Balaban J connectivity index is 1.94. The molecule has 116 valence electrons. The van der Waals surface area contributed by atoms with Crippen LogP contribution in [0.5, 0.6) is 0 Å². The lowest BCUT2D eigenvalue weighted by Gasteiger charge is -2.51. The summed E-state index contributed by atoms with van der Waals surface area (Å²) >= 11 is 0. The summed E-state index contributed by atoms with van der Waals surface area (Å²) in [5.41, 5.74) is 0.401. The number of rotatable bonds is 6. The molecule has 2 N–H and O–H groups in total. The van der Waals surface area contributed by atoms with Crippen molar-refractivity contribution in [2.75, 3.05) is 18.5 Å². The van der Waals surface area contributed by atoms with Crippen LogP contribution in [0.3, 0.4) is 0 Å². The van der Waals surface area contributed by atoms with Gasteiger partial charge in [0.1, 0.15) is 5.82 Å². The Morgan fingerprint density at radius 3 is 2.67 bits per heavy atom. The van der Waals surface area contributed by atoms with Crippen molar-refractivity contribution in [3.63, 3.8) is 0 Å².